The second-order valence-corrected chi connectivity index (χ2v) is 5.60. The molecular formula is C18H15F3N2O. The molecule has 0 saturated heterocycles. The van der Waals surface area contributed by atoms with Crippen molar-refractivity contribution in [2.45, 2.75) is 19.3 Å². The summed E-state index contributed by atoms with van der Waals surface area (Å²) in [4.78, 5) is 12.3. The van der Waals surface area contributed by atoms with E-state index in [4.69, 9.17) is 0 Å². The van der Waals surface area contributed by atoms with E-state index >= 15 is 0 Å². The van der Waals surface area contributed by atoms with Crippen LogP contribution in [0.4, 0.5) is 13.2 Å². The highest BCUT2D eigenvalue weighted by Crippen LogP contribution is 2.17. The molecule has 3 rings (SSSR count). The molecule has 124 valence electrons. The molecule has 0 saturated carbocycles. The third-order valence-electron chi connectivity index (χ3n) is 3.87. The van der Waals surface area contributed by atoms with E-state index in [0.29, 0.717) is 31.4 Å². The van der Waals surface area contributed by atoms with Gasteiger partial charge in [-0.1, -0.05) is 12.1 Å². The van der Waals surface area contributed by atoms with E-state index in [9.17, 15) is 18.0 Å². The van der Waals surface area contributed by atoms with Crippen LogP contribution in [0.25, 0.3) is 0 Å². The van der Waals surface area contributed by atoms with Crippen molar-refractivity contribution in [2.24, 2.45) is 5.10 Å². The summed E-state index contributed by atoms with van der Waals surface area (Å²) in [5.74, 6) is -2.56. The predicted octanol–water partition coefficient (Wildman–Crippen LogP) is 3.94. The van der Waals surface area contributed by atoms with Crippen LogP contribution in [0, 0.1) is 17.5 Å². The van der Waals surface area contributed by atoms with E-state index in [1.54, 1.807) is 6.07 Å². The van der Waals surface area contributed by atoms with Crippen LogP contribution in [-0.4, -0.2) is 23.2 Å². The minimum Gasteiger partial charge on any atom is -0.267 e. The van der Waals surface area contributed by atoms with Gasteiger partial charge in [0.1, 0.15) is 5.82 Å². The maximum absolute atomic E-state index is 13.2. The van der Waals surface area contributed by atoms with Crippen LogP contribution >= 0.6 is 0 Å². The Hall–Kier alpha value is -2.63. The molecule has 24 heavy (non-hydrogen) atoms. The molecular weight excluding hydrogens is 317 g/mol. The van der Waals surface area contributed by atoms with Crippen LogP contribution in [0.1, 0.15) is 28.8 Å². The standard InChI is InChI=1S/C18H15F3N2O/c19-14-3-1-2-13(11-14)18(24)23-9-8-15(22-23)6-4-12-5-7-16(20)17(21)10-12/h1-3,5,7,10-11H,4,6,8-9H2. The molecule has 0 aliphatic carbocycles. The maximum atomic E-state index is 13.2. The summed E-state index contributed by atoms with van der Waals surface area (Å²) >= 11 is 0. The Morgan fingerprint density at radius 2 is 1.88 bits per heavy atom. The molecule has 0 fully saturated rings. The fourth-order valence-corrected chi connectivity index (χ4v) is 2.58. The van der Waals surface area contributed by atoms with Gasteiger partial charge in [0.15, 0.2) is 11.6 Å². The lowest BCUT2D eigenvalue weighted by Crippen LogP contribution is -2.23. The molecule has 2 aromatic carbocycles. The predicted molar refractivity (Wildman–Crippen MR) is 84.2 cm³/mol. The zero-order valence-electron chi connectivity index (χ0n) is 12.8. The van der Waals surface area contributed by atoms with Crippen molar-refractivity contribution in [3.63, 3.8) is 0 Å². The second-order valence-electron chi connectivity index (χ2n) is 5.60. The summed E-state index contributed by atoms with van der Waals surface area (Å²) in [6.07, 6.45) is 1.68. The van der Waals surface area contributed by atoms with Crippen LogP contribution in [0.3, 0.4) is 0 Å². The maximum Gasteiger partial charge on any atom is 0.274 e. The highest BCUT2D eigenvalue weighted by molar-refractivity contribution is 5.97. The second kappa shape index (κ2) is 6.86. The van der Waals surface area contributed by atoms with Gasteiger partial charge < -0.3 is 0 Å². The molecule has 0 N–H and O–H groups in total. The summed E-state index contributed by atoms with van der Waals surface area (Å²) in [5, 5.41) is 5.57. The smallest absolute Gasteiger partial charge is 0.267 e. The number of hydrazone groups is 1. The van der Waals surface area contributed by atoms with Crippen LogP contribution in [0.5, 0.6) is 0 Å². The van der Waals surface area contributed by atoms with Crippen molar-refractivity contribution in [3.8, 4) is 0 Å². The number of halogens is 3. The highest BCUT2D eigenvalue weighted by Gasteiger charge is 2.22. The monoisotopic (exact) mass is 332 g/mol. The fourth-order valence-electron chi connectivity index (χ4n) is 2.58. The van der Waals surface area contributed by atoms with Crippen molar-refractivity contribution in [2.75, 3.05) is 6.54 Å². The van der Waals surface area contributed by atoms with E-state index in [1.807, 2.05) is 0 Å². The minimum atomic E-state index is -0.872. The van der Waals surface area contributed by atoms with Crippen molar-refractivity contribution >= 4 is 11.6 Å². The number of benzene rings is 2. The zero-order chi connectivity index (χ0) is 17.1. The van der Waals surface area contributed by atoms with Gasteiger partial charge in [-0.05, 0) is 48.7 Å². The van der Waals surface area contributed by atoms with Crippen molar-refractivity contribution < 1.29 is 18.0 Å². The first-order valence-corrected chi connectivity index (χ1v) is 7.60. The highest BCUT2D eigenvalue weighted by atomic mass is 19.2. The van der Waals surface area contributed by atoms with E-state index in [1.165, 1.54) is 35.3 Å². The Morgan fingerprint density at radius 1 is 1.04 bits per heavy atom. The lowest BCUT2D eigenvalue weighted by molar-refractivity contribution is 0.0777. The quantitative estimate of drug-likeness (QED) is 0.835. The molecule has 1 aliphatic heterocycles. The van der Waals surface area contributed by atoms with Gasteiger partial charge in [0.05, 0.1) is 6.54 Å². The van der Waals surface area contributed by atoms with E-state index in [-0.39, 0.29) is 11.5 Å². The van der Waals surface area contributed by atoms with Crippen LogP contribution in [0.2, 0.25) is 0 Å². The average molecular weight is 332 g/mol. The SMILES string of the molecule is O=C(c1cccc(F)c1)N1CCC(CCc2ccc(F)c(F)c2)=N1. The normalized spacial score (nSPS) is 14.0. The molecule has 6 heteroatoms. The van der Waals surface area contributed by atoms with Gasteiger partial charge in [-0.15, -0.1) is 0 Å². The van der Waals surface area contributed by atoms with Gasteiger partial charge in [0.2, 0.25) is 0 Å². The molecule has 0 aromatic heterocycles. The van der Waals surface area contributed by atoms with Crippen LogP contribution in [0.15, 0.2) is 47.6 Å². The minimum absolute atomic E-state index is 0.251. The third kappa shape index (κ3) is 3.64. The third-order valence-corrected chi connectivity index (χ3v) is 3.87. The van der Waals surface area contributed by atoms with E-state index < -0.39 is 17.5 Å². The molecule has 0 bridgehead atoms. The molecule has 0 unspecified atom stereocenters. The molecule has 2 aromatic rings. The van der Waals surface area contributed by atoms with E-state index in [2.05, 4.69) is 5.10 Å². The Morgan fingerprint density at radius 3 is 2.62 bits per heavy atom. The fraction of sp³-hybridized carbons (Fsp3) is 0.222. The van der Waals surface area contributed by atoms with Gasteiger partial charge in [0, 0.05) is 17.7 Å². The zero-order valence-corrected chi connectivity index (χ0v) is 12.8. The summed E-state index contributed by atoms with van der Waals surface area (Å²) in [7, 11) is 0. The molecule has 1 amide bonds. The average Bonchev–Trinajstić information content (AvgIpc) is 3.04. The molecule has 0 radical (unpaired) electrons. The van der Waals surface area contributed by atoms with Crippen molar-refractivity contribution in [3.05, 3.63) is 71.0 Å². The van der Waals surface area contributed by atoms with Crippen molar-refractivity contribution in [1.29, 1.82) is 0 Å². The molecule has 0 atom stereocenters. The number of nitrogens with zero attached hydrogens (tertiary/aromatic N) is 2. The first-order chi connectivity index (χ1) is 11.5. The molecule has 0 spiro atoms. The number of hydrogen-bond acceptors (Lipinski definition) is 2. The van der Waals surface area contributed by atoms with Gasteiger partial charge in [-0.3, -0.25) is 4.79 Å². The van der Waals surface area contributed by atoms with Crippen molar-refractivity contribution in [1.82, 2.24) is 5.01 Å². The number of hydrogen-bond donors (Lipinski definition) is 0. The van der Waals surface area contributed by atoms with Gasteiger partial charge in [-0.2, -0.15) is 5.10 Å². The molecule has 1 aliphatic rings. The number of carbonyl (C=O) groups excluding carboxylic acids is 1. The van der Waals surface area contributed by atoms with Gasteiger partial charge >= 0.3 is 0 Å². The first-order valence-electron chi connectivity index (χ1n) is 7.60. The first kappa shape index (κ1) is 16.2. The Kier molecular flexibility index (Phi) is 4.64. The lowest BCUT2D eigenvalue weighted by Gasteiger charge is -2.11. The Labute approximate surface area is 137 Å². The lowest BCUT2D eigenvalue weighted by atomic mass is 10.1. The van der Waals surface area contributed by atoms with Crippen LogP contribution < -0.4 is 0 Å². The molecule has 1 heterocycles. The summed E-state index contributed by atoms with van der Waals surface area (Å²) < 4.78 is 39.3. The summed E-state index contributed by atoms with van der Waals surface area (Å²) in [6.45, 7) is 0.433. The number of aryl methyl sites for hydroxylation is 1. The van der Waals surface area contributed by atoms with Gasteiger partial charge in [0.25, 0.3) is 5.91 Å². The summed E-state index contributed by atoms with van der Waals surface area (Å²) in [5.41, 5.74) is 1.73. The Balaban J connectivity index is 1.63. The number of carbonyl (C=O) groups is 1. The van der Waals surface area contributed by atoms with Gasteiger partial charge in [-0.25, -0.2) is 18.2 Å². The Bertz CT molecular complexity index is 805. The van der Waals surface area contributed by atoms with E-state index in [0.717, 1.165) is 11.8 Å². The number of amides is 1. The summed E-state index contributed by atoms with van der Waals surface area (Å²) in [6, 6.07) is 9.27. The molecule has 3 nitrogen and oxygen atoms in total. The largest absolute Gasteiger partial charge is 0.274 e. The topological polar surface area (TPSA) is 32.7 Å². The van der Waals surface area contributed by atoms with Crippen LogP contribution in [-0.2, 0) is 6.42 Å². The number of rotatable bonds is 4.